The molecule has 0 aliphatic heterocycles. The van der Waals surface area contributed by atoms with Crippen molar-refractivity contribution >= 4 is 17.6 Å². The average Bonchev–Trinajstić information content (AvgIpc) is 3.14. The molecule has 0 aliphatic rings. The number of aliphatic imine (C=N–C) groups is 1. The molecule has 1 aromatic carbocycles. The number of nitrogens with one attached hydrogen (secondary N) is 2. The fourth-order valence-corrected chi connectivity index (χ4v) is 3.03. The van der Waals surface area contributed by atoms with Gasteiger partial charge in [-0.3, -0.25) is 4.57 Å². The minimum atomic E-state index is 0.553. The summed E-state index contributed by atoms with van der Waals surface area (Å²) in [5, 5.41) is 7.42. The highest BCUT2D eigenvalue weighted by Crippen LogP contribution is 2.14. The van der Waals surface area contributed by atoms with Crippen molar-refractivity contribution in [1.29, 1.82) is 0 Å². The second kappa shape index (κ2) is 9.90. The van der Waals surface area contributed by atoms with Gasteiger partial charge < -0.3 is 10.6 Å². The topological polar surface area (TPSA) is 67.1 Å². The van der Waals surface area contributed by atoms with Crippen LogP contribution in [0.2, 0.25) is 5.02 Å². The Labute approximate surface area is 170 Å². The molecule has 146 valence electrons. The molecule has 0 radical (unpaired) electrons. The van der Waals surface area contributed by atoms with Crippen LogP contribution in [0.4, 0.5) is 0 Å². The van der Waals surface area contributed by atoms with Crippen LogP contribution in [0.5, 0.6) is 0 Å². The second-order valence-corrected chi connectivity index (χ2v) is 6.74. The zero-order valence-electron chi connectivity index (χ0n) is 16.2. The number of aryl methyl sites for hydroxylation is 1. The SMILES string of the molecule is CCNC(=NCc1ccc(-n2ccnc2C)nc1)NCCc1ccccc1Cl. The van der Waals surface area contributed by atoms with E-state index in [0.29, 0.717) is 6.54 Å². The van der Waals surface area contributed by atoms with Crippen molar-refractivity contribution in [1.82, 2.24) is 25.2 Å². The Kier molecular flexibility index (Phi) is 7.03. The van der Waals surface area contributed by atoms with Gasteiger partial charge in [0.05, 0.1) is 6.54 Å². The van der Waals surface area contributed by atoms with Crippen molar-refractivity contribution in [2.75, 3.05) is 13.1 Å². The van der Waals surface area contributed by atoms with E-state index in [2.05, 4.69) is 32.5 Å². The number of guanidine groups is 1. The van der Waals surface area contributed by atoms with Gasteiger partial charge in [0.25, 0.3) is 0 Å². The van der Waals surface area contributed by atoms with Crippen LogP contribution in [-0.4, -0.2) is 33.6 Å². The third-order valence-electron chi connectivity index (χ3n) is 4.29. The van der Waals surface area contributed by atoms with Crippen LogP contribution in [0.3, 0.4) is 0 Å². The second-order valence-electron chi connectivity index (χ2n) is 6.33. The molecule has 28 heavy (non-hydrogen) atoms. The summed E-state index contributed by atoms with van der Waals surface area (Å²) in [7, 11) is 0. The van der Waals surface area contributed by atoms with E-state index in [0.717, 1.165) is 53.3 Å². The molecule has 0 unspecified atom stereocenters. The van der Waals surface area contributed by atoms with Gasteiger partial charge in [-0.15, -0.1) is 0 Å². The predicted octanol–water partition coefficient (Wildman–Crippen LogP) is 3.53. The first-order valence-electron chi connectivity index (χ1n) is 9.38. The van der Waals surface area contributed by atoms with Crippen LogP contribution in [0.1, 0.15) is 23.9 Å². The van der Waals surface area contributed by atoms with Crippen LogP contribution < -0.4 is 10.6 Å². The maximum Gasteiger partial charge on any atom is 0.191 e. The first-order chi connectivity index (χ1) is 13.7. The number of hydrogen-bond donors (Lipinski definition) is 2. The van der Waals surface area contributed by atoms with E-state index < -0.39 is 0 Å². The Balaban J connectivity index is 1.58. The summed E-state index contributed by atoms with van der Waals surface area (Å²) in [5.74, 6) is 2.55. The Hall–Kier alpha value is -2.86. The van der Waals surface area contributed by atoms with Crippen LogP contribution in [0.25, 0.3) is 5.82 Å². The number of halogens is 1. The summed E-state index contributed by atoms with van der Waals surface area (Å²) in [5.41, 5.74) is 2.17. The molecule has 0 saturated heterocycles. The molecule has 3 aromatic rings. The third-order valence-corrected chi connectivity index (χ3v) is 4.66. The van der Waals surface area contributed by atoms with Gasteiger partial charge in [0.15, 0.2) is 5.96 Å². The van der Waals surface area contributed by atoms with Crippen molar-refractivity contribution in [2.45, 2.75) is 26.8 Å². The van der Waals surface area contributed by atoms with Crippen molar-refractivity contribution in [3.63, 3.8) is 0 Å². The number of rotatable bonds is 7. The highest BCUT2D eigenvalue weighted by atomic mass is 35.5. The van der Waals surface area contributed by atoms with Gasteiger partial charge >= 0.3 is 0 Å². The summed E-state index contributed by atoms with van der Waals surface area (Å²) < 4.78 is 1.95. The molecule has 2 aromatic heterocycles. The fraction of sp³-hybridized carbons (Fsp3) is 0.286. The average molecular weight is 397 g/mol. The number of benzene rings is 1. The molecule has 0 saturated carbocycles. The molecule has 0 atom stereocenters. The van der Waals surface area contributed by atoms with Gasteiger partial charge in [-0.25, -0.2) is 15.0 Å². The van der Waals surface area contributed by atoms with Gasteiger partial charge in [0, 0.05) is 36.7 Å². The quantitative estimate of drug-likeness (QED) is 0.473. The van der Waals surface area contributed by atoms with Gasteiger partial charge in [-0.2, -0.15) is 0 Å². The molecule has 0 aliphatic carbocycles. The van der Waals surface area contributed by atoms with Crippen LogP contribution >= 0.6 is 11.6 Å². The lowest BCUT2D eigenvalue weighted by Gasteiger charge is -2.12. The Bertz CT molecular complexity index is 917. The van der Waals surface area contributed by atoms with Crippen LogP contribution in [0, 0.1) is 6.92 Å². The van der Waals surface area contributed by atoms with E-state index in [4.69, 9.17) is 11.6 Å². The largest absolute Gasteiger partial charge is 0.357 e. The van der Waals surface area contributed by atoms with Crippen molar-refractivity contribution in [3.8, 4) is 5.82 Å². The van der Waals surface area contributed by atoms with Gasteiger partial charge in [0.2, 0.25) is 0 Å². The highest BCUT2D eigenvalue weighted by Gasteiger charge is 2.03. The van der Waals surface area contributed by atoms with Crippen molar-refractivity contribution < 1.29 is 0 Å². The zero-order chi connectivity index (χ0) is 19.8. The highest BCUT2D eigenvalue weighted by molar-refractivity contribution is 6.31. The van der Waals surface area contributed by atoms with Crippen molar-refractivity contribution in [3.05, 3.63) is 77.0 Å². The molecule has 2 heterocycles. The van der Waals surface area contributed by atoms with Crippen LogP contribution in [0.15, 0.2) is 60.0 Å². The van der Waals surface area contributed by atoms with E-state index in [1.807, 2.05) is 60.3 Å². The molecule has 0 bridgehead atoms. The van der Waals surface area contributed by atoms with E-state index in [1.165, 1.54) is 0 Å². The van der Waals surface area contributed by atoms with E-state index in [9.17, 15) is 0 Å². The summed E-state index contributed by atoms with van der Waals surface area (Å²) in [6, 6.07) is 11.9. The van der Waals surface area contributed by atoms with E-state index in [-0.39, 0.29) is 0 Å². The monoisotopic (exact) mass is 396 g/mol. The van der Waals surface area contributed by atoms with Crippen LogP contribution in [-0.2, 0) is 13.0 Å². The van der Waals surface area contributed by atoms with Gasteiger partial charge in [-0.1, -0.05) is 35.9 Å². The van der Waals surface area contributed by atoms with E-state index in [1.54, 1.807) is 6.20 Å². The molecule has 2 N–H and O–H groups in total. The molecule has 0 spiro atoms. The van der Waals surface area contributed by atoms with E-state index >= 15 is 0 Å². The lowest BCUT2D eigenvalue weighted by atomic mass is 10.1. The van der Waals surface area contributed by atoms with Gasteiger partial charge in [-0.05, 0) is 43.5 Å². The smallest absolute Gasteiger partial charge is 0.191 e. The lowest BCUT2D eigenvalue weighted by Crippen LogP contribution is -2.38. The fourth-order valence-electron chi connectivity index (χ4n) is 2.80. The number of hydrogen-bond acceptors (Lipinski definition) is 3. The summed E-state index contributed by atoms with van der Waals surface area (Å²) in [6.07, 6.45) is 6.37. The first-order valence-corrected chi connectivity index (χ1v) is 9.76. The van der Waals surface area contributed by atoms with Crippen molar-refractivity contribution in [2.24, 2.45) is 4.99 Å². The molecule has 3 rings (SSSR count). The predicted molar refractivity (Wildman–Crippen MR) is 114 cm³/mol. The normalized spacial score (nSPS) is 11.5. The number of nitrogens with zero attached hydrogens (tertiary/aromatic N) is 4. The third kappa shape index (κ3) is 5.33. The molecular weight excluding hydrogens is 372 g/mol. The molecule has 6 nitrogen and oxygen atoms in total. The maximum absolute atomic E-state index is 6.22. The zero-order valence-corrected chi connectivity index (χ0v) is 16.9. The number of pyridine rings is 1. The Morgan fingerprint density at radius 1 is 1.14 bits per heavy atom. The molecular formula is C21H25ClN6. The summed E-state index contributed by atoms with van der Waals surface area (Å²) in [4.78, 5) is 13.4. The molecule has 7 heteroatoms. The standard InChI is InChI=1S/C21H25ClN6/c1-3-23-21(25-11-10-18-6-4-5-7-19(18)22)27-15-17-8-9-20(26-14-17)28-13-12-24-16(28)2/h4-9,12-14H,3,10-11,15H2,1-2H3,(H2,23,25,27). The minimum absolute atomic E-state index is 0.553. The Morgan fingerprint density at radius 2 is 2.00 bits per heavy atom. The minimum Gasteiger partial charge on any atom is -0.357 e. The molecule has 0 fully saturated rings. The number of aromatic nitrogens is 3. The molecule has 0 amide bonds. The number of imidazole rings is 1. The lowest BCUT2D eigenvalue weighted by molar-refractivity contribution is 0.799. The summed E-state index contributed by atoms with van der Waals surface area (Å²) in [6.45, 7) is 6.12. The first kappa shape index (κ1) is 19.9. The van der Waals surface area contributed by atoms with Gasteiger partial charge in [0.1, 0.15) is 11.6 Å². The Morgan fingerprint density at radius 3 is 2.68 bits per heavy atom. The maximum atomic E-state index is 6.22. The summed E-state index contributed by atoms with van der Waals surface area (Å²) >= 11 is 6.22.